The minimum Gasteiger partial charge on any atom is -0.495 e. The Morgan fingerprint density at radius 2 is 1.93 bits per heavy atom. The monoisotopic (exact) mass is 382 g/mol. The molecule has 1 amide bonds. The molecular formula is C20H22N4O2S. The summed E-state index contributed by atoms with van der Waals surface area (Å²) in [6, 6.07) is 17.8. The lowest BCUT2D eigenvalue weighted by molar-refractivity contribution is -0.118. The van der Waals surface area contributed by atoms with Gasteiger partial charge in [-0.15, -0.1) is 10.2 Å². The molecule has 0 radical (unpaired) electrons. The van der Waals surface area contributed by atoms with Crippen molar-refractivity contribution >= 4 is 17.7 Å². The lowest BCUT2D eigenvalue weighted by Crippen LogP contribution is -2.29. The molecule has 1 aromatic heterocycles. The number of amides is 1. The van der Waals surface area contributed by atoms with Crippen molar-refractivity contribution in [1.29, 1.82) is 0 Å². The standard InChI is InChI=1S/C20H22N4O2S/c1-15(16-8-4-3-5-9-16)12-21-19(25)13-27-20-23-22-14-24(20)17-10-6-7-11-18(17)26-2/h3-11,14-15H,12-13H2,1-2H3,(H,21,25)/t15-/m1/s1. The van der Waals surface area contributed by atoms with Crippen molar-refractivity contribution < 1.29 is 9.53 Å². The minimum absolute atomic E-state index is 0.0302. The summed E-state index contributed by atoms with van der Waals surface area (Å²) in [7, 11) is 1.62. The van der Waals surface area contributed by atoms with E-state index in [4.69, 9.17) is 4.74 Å². The van der Waals surface area contributed by atoms with Crippen molar-refractivity contribution in [3.05, 3.63) is 66.5 Å². The molecule has 1 N–H and O–H groups in total. The molecule has 0 spiro atoms. The van der Waals surface area contributed by atoms with Crippen LogP contribution in [-0.2, 0) is 4.79 Å². The molecule has 0 aliphatic heterocycles. The lowest BCUT2D eigenvalue weighted by atomic mass is 10.0. The maximum Gasteiger partial charge on any atom is 0.230 e. The Hall–Kier alpha value is -2.80. The molecule has 1 atom stereocenters. The van der Waals surface area contributed by atoms with Gasteiger partial charge in [0.2, 0.25) is 5.91 Å². The van der Waals surface area contributed by atoms with Crippen LogP contribution in [0.2, 0.25) is 0 Å². The number of aromatic nitrogens is 3. The highest BCUT2D eigenvalue weighted by atomic mass is 32.2. The quantitative estimate of drug-likeness (QED) is 0.606. The van der Waals surface area contributed by atoms with Gasteiger partial charge in [-0.05, 0) is 23.6 Å². The summed E-state index contributed by atoms with van der Waals surface area (Å²) < 4.78 is 7.21. The van der Waals surface area contributed by atoms with E-state index in [-0.39, 0.29) is 17.6 Å². The number of ether oxygens (including phenoxy) is 1. The number of hydrogen-bond donors (Lipinski definition) is 1. The molecule has 3 rings (SSSR count). The van der Waals surface area contributed by atoms with Gasteiger partial charge < -0.3 is 10.1 Å². The summed E-state index contributed by atoms with van der Waals surface area (Å²) in [5.41, 5.74) is 2.05. The van der Waals surface area contributed by atoms with Gasteiger partial charge >= 0.3 is 0 Å². The van der Waals surface area contributed by atoms with E-state index in [1.807, 2.05) is 47.0 Å². The summed E-state index contributed by atoms with van der Waals surface area (Å²) in [5.74, 6) is 1.23. The smallest absolute Gasteiger partial charge is 0.230 e. The van der Waals surface area contributed by atoms with Crippen molar-refractivity contribution in [2.24, 2.45) is 0 Å². The SMILES string of the molecule is COc1ccccc1-n1cnnc1SCC(=O)NC[C@@H](C)c1ccccc1. The summed E-state index contributed by atoms with van der Waals surface area (Å²) in [4.78, 5) is 12.2. The van der Waals surface area contributed by atoms with Crippen LogP contribution >= 0.6 is 11.8 Å². The predicted octanol–water partition coefficient (Wildman–Crippen LogP) is 3.29. The zero-order valence-electron chi connectivity index (χ0n) is 15.3. The van der Waals surface area contributed by atoms with Crippen molar-refractivity contribution in [2.75, 3.05) is 19.4 Å². The van der Waals surface area contributed by atoms with Crippen LogP contribution in [0.1, 0.15) is 18.4 Å². The van der Waals surface area contributed by atoms with E-state index < -0.39 is 0 Å². The molecule has 140 valence electrons. The molecule has 0 aliphatic rings. The highest BCUT2D eigenvalue weighted by Gasteiger charge is 2.13. The molecule has 3 aromatic rings. The largest absolute Gasteiger partial charge is 0.495 e. The van der Waals surface area contributed by atoms with Crippen LogP contribution in [-0.4, -0.2) is 40.1 Å². The lowest BCUT2D eigenvalue weighted by Gasteiger charge is -2.13. The molecule has 27 heavy (non-hydrogen) atoms. The van der Waals surface area contributed by atoms with Gasteiger partial charge in [0.25, 0.3) is 0 Å². The second kappa shape index (κ2) is 9.23. The Morgan fingerprint density at radius 1 is 1.19 bits per heavy atom. The average molecular weight is 382 g/mol. The molecule has 0 bridgehead atoms. The molecule has 0 saturated carbocycles. The number of carbonyl (C=O) groups excluding carboxylic acids is 1. The maximum atomic E-state index is 12.2. The Balaban J connectivity index is 1.56. The van der Waals surface area contributed by atoms with Gasteiger partial charge in [0.1, 0.15) is 12.1 Å². The third kappa shape index (κ3) is 4.89. The van der Waals surface area contributed by atoms with Crippen LogP contribution in [0.25, 0.3) is 5.69 Å². The third-order valence-electron chi connectivity index (χ3n) is 4.17. The Kier molecular flexibility index (Phi) is 6.49. The van der Waals surface area contributed by atoms with Crippen molar-refractivity contribution in [2.45, 2.75) is 18.0 Å². The summed E-state index contributed by atoms with van der Waals surface area (Å²) in [6.45, 7) is 2.70. The van der Waals surface area contributed by atoms with Gasteiger partial charge in [-0.2, -0.15) is 0 Å². The van der Waals surface area contributed by atoms with E-state index in [0.717, 1.165) is 11.4 Å². The van der Waals surface area contributed by atoms with Crippen LogP contribution in [0.3, 0.4) is 0 Å². The molecule has 7 heteroatoms. The van der Waals surface area contributed by atoms with E-state index >= 15 is 0 Å². The van der Waals surface area contributed by atoms with Gasteiger partial charge in [0.15, 0.2) is 5.16 Å². The molecular weight excluding hydrogens is 360 g/mol. The molecule has 0 aliphatic carbocycles. The van der Waals surface area contributed by atoms with E-state index in [1.54, 1.807) is 13.4 Å². The topological polar surface area (TPSA) is 69.0 Å². The number of nitrogens with one attached hydrogen (secondary N) is 1. The minimum atomic E-state index is -0.0302. The Bertz CT molecular complexity index is 882. The van der Waals surface area contributed by atoms with Gasteiger partial charge in [-0.3, -0.25) is 9.36 Å². The first-order valence-corrected chi connectivity index (χ1v) is 9.65. The zero-order chi connectivity index (χ0) is 19.1. The van der Waals surface area contributed by atoms with E-state index in [1.165, 1.54) is 17.3 Å². The van der Waals surface area contributed by atoms with Crippen molar-refractivity contribution in [3.8, 4) is 11.4 Å². The van der Waals surface area contributed by atoms with Crippen LogP contribution in [0.15, 0.2) is 66.1 Å². The van der Waals surface area contributed by atoms with E-state index in [9.17, 15) is 4.79 Å². The van der Waals surface area contributed by atoms with Crippen LogP contribution < -0.4 is 10.1 Å². The van der Waals surface area contributed by atoms with Gasteiger partial charge in [-0.25, -0.2) is 0 Å². The first-order valence-electron chi connectivity index (χ1n) is 8.67. The predicted molar refractivity (Wildman–Crippen MR) is 107 cm³/mol. The first-order chi connectivity index (χ1) is 13.2. The number of thioether (sulfide) groups is 1. The number of methoxy groups -OCH3 is 1. The molecule has 1 heterocycles. The van der Waals surface area contributed by atoms with Crippen LogP contribution in [0, 0.1) is 0 Å². The number of benzene rings is 2. The van der Waals surface area contributed by atoms with E-state index in [2.05, 4.69) is 34.6 Å². The highest BCUT2D eigenvalue weighted by molar-refractivity contribution is 7.99. The van der Waals surface area contributed by atoms with Gasteiger partial charge in [0, 0.05) is 6.54 Å². The van der Waals surface area contributed by atoms with Crippen LogP contribution in [0.5, 0.6) is 5.75 Å². The Morgan fingerprint density at radius 3 is 2.70 bits per heavy atom. The van der Waals surface area contributed by atoms with Crippen molar-refractivity contribution in [3.63, 3.8) is 0 Å². The fourth-order valence-corrected chi connectivity index (χ4v) is 3.42. The molecule has 2 aromatic carbocycles. The number of nitrogens with zero attached hydrogens (tertiary/aromatic N) is 3. The number of hydrogen-bond acceptors (Lipinski definition) is 5. The second-order valence-electron chi connectivity index (χ2n) is 6.06. The normalized spacial score (nSPS) is 11.8. The highest BCUT2D eigenvalue weighted by Crippen LogP contribution is 2.26. The summed E-state index contributed by atoms with van der Waals surface area (Å²) in [6.07, 6.45) is 1.62. The number of carbonyl (C=O) groups is 1. The Labute approximate surface area is 163 Å². The van der Waals surface area contributed by atoms with Crippen LogP contribution in [0.4, 0.5) is 0 Å². The number of rotatable bonds is 8. The second-order valence-corrected chi connectivity index (χ2v) is 7.00. The zero-order valence-corrected chi connectivity index (χ0v) is 16.1. The van der Waals surface area contributed by atoms with E-state index in [0.29, 0.717) is 11.7 Å². The number of para-hydroxylation sites is 2. The fraction of sp³-hybridized carbons (Fsp3) is 0.250. The van der Waals surface area contributed by atoms with Crippen molar-refractivity contribution in [1.82, 2.24) is 20.1 Å². The molecule has 0 unspecified atom stereocenters. The van der Waals surface area contributed by atoms with Gasteiger partial charge in [0.05, 0.1) is 18.6 Å². The summed E-state index contributed by atoms with van der Waals surface area (Å²) >= 11 is 1.35. The molecule has 6 nitrogen and oxygen atoms in total. The fourth-order valence-electron chi connectivity index (χ4n) is 2.66. The third-order valence-corrected chi connectivity index (χ3v) is 5.11. The molecule has 0 fully saturated rings. The molecule has 0 saturated heterocycles. The maximum absolute atomic E-state index is 12.2. The average Bonchev–Trinajstić information content (AvgIpc) is 3.19. The van der Waals surface area contributed by atoms with Gasteiger partial charge in [-0.1, -0.05) is 61.2 Å². The summed E-state index contributed by atoms with van der Waals surface area (Å²) in [5, 5.41) is 11.7. The first kappa shape index (κ1) is 19.0.